The van der Waals surface area contributed by atoms with Gasteiger partial charge >= 0.3 is 0 Å². The van der Waals surface area contributed by atoms with E-state index in [4.69, 9.17) is 0 Å². The third-order valence-electron chi connectivity index (χ3n) is 3.64. The molecule has 7 heteroatoms. The highest BCUT2D eigenvalue weighted by molar-refractivity contribution is 6.02. The lowest BCUT2D eigenvalue weighted by Crippen LogP contribution is -2.28. The molecular weight excluding hydrogens is 272 g/mol. The molecular formula is C14H20N4O3. The summed E-state index contributed by atoms with van der Waals surface area (Å²) in [6.07, 6.45) is 2.16. The van der Waals surface area contributed by atoms with E-state index in [1.54, 1.807) is 13.1 Å². The first-order valence-electron chi connectivity index (χ1n) is 7.00. The molecule has 0 aromatic heterocycles. The minimum absolute atomic E-state index is 0.0910. The fourth-order valence-corrected chi connectivity index (χ4v) is 2.32. The summed E-state index contributed by atoms with van der Waals surface area (Å²) in [5.74, 6) is -0.286. The Morgan fingerprint density at radius 3 is 2.62 bits per heavy atom. The van der Waals surface area contributed by atoms with Crippen molar-refractivity contribution < 1.29 is 9.72 Å². The van der Waals surface area contributed by atoms with Crippen molar-refractivity contribution in [3.63, 3.8) is 0 Å². The van der Waals surface area contributed by atoms with E-state index in [9.17, 15) is 14.9 Å². The normalized spacial score (nSPS) is 13.7. The van der Waals surface area contributed by atoms with Crippen molar-refractivity contribution in [3.8, 4) is 0 Å². The number of rotatable bonds is 6. The molecule has 1 saturated carbocycles. The van der Waals surface area contributed by atoms with Gasteiger partial charge in [-0.25, -0.2) is 0 Å². The van der Waals surface area contributed by atoms with E-state index in [1.807, 2.05) is 18.9 Å². The Morgan fingerprint density at radius 2 is 2.14 bits per heavy atom. The summed E-state index contributed by atoms with van der Waals surface area (Å²) in [6.45, 7) is 2.30. The fraction of sp³-hybridized carbons (Fsp3) is 0.500. The molecule has 7 nitrogen and oxygen atoms in total. The van der Waals surface area contributed by atoms with Crippen LogP contribution in [0.25, 0.3) is 0 Å². The average Bonchev–Trinajstić information content (AvgIpc) is 3.29. The van der Waals surface area contributed by atoms with Crippen LogP contribution in [-0.2, 0) is 0 Å². The zero-order chi connectivity index (χ0) is 15.6. The summed E-state index contributed by atoms with van der Waals surface area (Å²) < 4.78 is 0. The Morgan fingerprint density at radius 1 is 1.48 bits per heavy atom. The van der Waals surface area contributed by atoms with Crippen LogP contribution in [0.2, 0.25) is 0 Å². The second-order valence-electron chi connectivity index (χ2n) is 5.10. The van der Waals surface area contributed by atoms with Crippen molar-refractivity contribution in [3.05, 3.63) is 27.8 Å². The third kappa shape index (κ3) is 3.07. The summed E-state index contributed by atoms with van der Waals surface area (Å²) in [6, 6.07) is 3.44. The minimum Gasteiger partial charge on any atom is -0.383 e. The van der Waals surface area contributed by atoms with Crippen molar-refractivity contribution in [2.45, 2.75) is 25.8 Å². The van der Waals surface area contributed by atoms with Gasteiger partial charge in [0.05, 0.1) is 16.2 Å². The Labute approximate surface area is 123 Å². The maximum absolute atomic E-state index is 12.2. The van der Waals surface area contributed by atoms with Crippen LogP contribution >= 0.6 is 0 Å². The standard InChI is InChI=1S/C14H20N4O3/c1-4-16-14(19)10-7-13(18(20)21)11(15-2)8-12(10)17(3)9-5-6-9/h7-9,15H,4-6H2,1-3H3,(H,16,19). The van der Waals surface area contributed by atoms with Gasteiger partial charge in [0.15, 0.2) is 0 Å². The van der Waals surface area contributed by atoms with Crippen molar-refractivity contribution in [1.82, 2.24) is 5.32 Å². The van der Waals surface area contributed by atoms with Crippen molar-refractivity contribution >= 4 is 23.0 Å². The molecule has 1 aliphatic rings. The van der Waals surface area contributed by atoms with Crippen molar-refractivity contribution in [2.75, 3.05) is 30.9 Å². The molecule has 0 aliphatic heterocycles. The van der Waals surface area contributed by atoms with E-state index in [1.165, 1.54) is 6.07 Å². The van der Waals surface area contributed by atoms with E-state index >= 15 is 0 Å². The molecule has 0 heterocycles. The summed E-state index contributed by atoms with van der Waals surface area (Å²) in [4.78, 5) is 24.9. The smallest absolute Gasteiger partial charge is 0.293 e. The quantitative estimate of drug-likeness (QED) is 0.618. The lowest BCUT2D eigenvalue weighted by molar-refractivity contribution is -0.383. The number of nitrogens with zero attached hydrogens (tertiary/aromatic N) is 2. The maximum Gasteiger partial charge on any atom is 0.293 e. The number of anilines is 2. The number of nitro groups is 1. The molecule has 0 unspecified atom stereocenters. The molecule has 2 rings (SSSR count). The molecule has 0 saturated heterocycles. The van der Waals surface area contributed by atoms with Gasteiger partial charge in [-0.05, 0) is 25.8 Å². The summed E-state index contributed by atoms with van der Waals surface area (Å²) in [7, 11) is 3.55. The molecule has 1 fully saturated rings. The summed E-state index contributed by atoms with van der Waals surface area (Å²) in [5.41, 5.74) is 1.39. The highest BCUT2D eigenvalue weighted by Crippen LogP contribution is 2.37. The van der Waals surface area contributed by atoms with Gasteiger partial charge in [-0.2, -0.15) is 0 Å². The number of nitrogens with one attached hydrogen (secondary N) is 2. The minimum atomic E-state index is -0.477. The van der Waals surface area contributed by atoms with E-state index in [2.05, 4.69) is 10.6 Å². The molecule has 0 bridgehead atoms. The molecule has 0 spiro atoms. The lowest BCUT2D eigenvalue weighted by Gasteiger charge is -2.22. The van der Waals surface area contributed by atoms with Gasteiger partial charge in [-0.1, -0.05) is 0 Å². The third-order valence-corrected chi connectivity index (χ3v) is 3.64. The van der Waals surface area contributed by atoms with E-state index < -0.39 is 4.92 Å². The van der Waals surface area contributed by atoms with Gasteiger partial charge in [0, 0.05) is 32.7 Å². The maximum atomic E-state index is 12.2. The summed E-state index contributed by atoms with van der Waals surface area (Å²) in [5, 5.41) is 16.7. The Bertz CT molecular complexity index is 570. The Hall–Kier alpha value is -2.31. The van der Waals surface area contributed by atoms with E-state index in [0.717, 1.165) is 18.5 Å². The SMILES string of the molecule is CCNC(=O)c1cc([N+](=O)[O-])c(NC)cc1N(C)C1CC1. The van der Waals surface area contributed by atoms with Gasteiger partial charge in [0.2, 0.25) is 0 Å². The molecule has 0 atom stereocenters. The topological polar surface area (TPSA) is 87.5 Å². The second-order valence-corrected chi connectivity index (χ2v) is 5.10. The fourth-order valence-electron chi connectivity index (χ4n) is 2.32. The number of amides is 1. The molecule has 2 N–H and O–H groups in total. The number of carbonyl (C=O) groups excluding carboxylic acids is 1. The molecule has 1 aromatic carbocycles. The predicted octanol–water partition coefficient (Wildman–Crippen LogP) is 1.98. The Balaban J connectivity index is 2.53. The number of hydrogen-bond acceptors (Lipinski definition) is 5. The number of carbonyl (C=O) groups is 1. The van der Waals surface area contributed by atoms with Crippen LogP contribution in [0.5, 0.6) is 0 Å². The molecule has 21 heavy (non-hydrogen) atoms. The monoisotopic (exact) mass is 292 g/mol. The first kappa shape index (κ1) is 15.1. The zero-order valence-electron chi connectivity index (χ0n) is 12.5. The molecule has 1 aliphatic carbocycles. The molecule has 0 radical (unpaired) electrons. The molecule has 1 aromatic rings. The van der Waals surface area contributed by atoms with Gasteiger partial charge in [-0.3, -0.25) is 14.9 Å². The van der Waals surface area contributed by atoms with E-state index in [0.29, 0.717) is 23.8 Å². The van der Waals surface area contributed by atoms with Crippen LogP contribution in [0.1, 0.15) is 30.1 Å². The van der Waals surface area contributed by atoms with Gasteiger partial charge in [0.25, 0.3) is 11.6 Å². The second kappa shape index (κ2) is 5.99. The highest BCUT2D eigenvalue weighted by Gasteiger charge is 2.31. The van der Waals surface area contributed by atoms with Crippen molar-refractivity contribution in [1.29, 1.82) is 0 Å². The highest BCUT2D eigenvalue weighted by atomic mass is 16.6. The van der Waals surface area contributed by atoms with Crippen molar-refractivity contribution in [2.24, 2.45) is 0 Å². The zero-order valence-corrected chi connectivity index (χ0v) is 12.5. The van der Waals surface area contributed by atoms with Crippen LogP contribution in [0, 0.1) is 10.1 Å². The lowest BCUT2D eigenvalue weighted by atomic mass is 10.1. The van der Waals surface area contributed by atoms with Crippen LogP contribution in [0.3, 0.4) is 0 Å². The predicted molar refractivity (Wildman–Crippen MR) is 82.1 cm³/mol. The van der Waals surface area contributed by atoms with Crippen LogP contribution in [-0.4, -0.2) is 37.5 Å². The van der Waals surface area contributed by atoms with Gasteiger partial charge in [0.1, 0.15) is 5.69 Å². The first-order valence-corrected chi connectivity index (χ1v) is 7.00. The van der Waals surface area contributed by atoms with Crippen LogP contribution in [0.4, 0.5) is 17.1 Å². The summed E-state index contributed by atoms with van der Waals surface area (Å²) >= 11 is 0. The number of hydrogen-bond donors (Lipinski definition) is 2. The first-order chi connectivity index (χ1) is 9.99. The largest absolute Gasteiger partial charge is 0.383 e. The van der Waals surface area contributed by atoms with Gasteiger partial charge in [-0.15, -0.1) is 0 Å². The Kier molecular flexibility index (Phi) is 4.30. The number of benzene rings is 1. The van der Waals surface area contributed by atoms with Gasteiger partial charge < -0.3 is 15.5 Å². The van der Waals surface area contributed by atoms with Crippen LogP contribution in [0.15, 0.2) is 12.1 Å². The van der Waals surface area contributed by atoms with E-state index in [-0.39, 0.29) is 11.6 Å². The number of nitro benzene ring substituents is 1. The average molecular weight is 292 g/mol. The molecule has 114 valence electrons. The van der Waals surface area contributed by atoms with Crippen LogP contribution < -0.4 is 15.5 Å². The molecule has 1 amide bonds.